The van der Waals surface area contributed by atoms with E-state index in [1.54, 1.807) is 23.6 Å². The molecule has 0 atom stereocenters. The maximum Gasteiger partial charge on any atom is 0.404 e. The van der Waals surface area contributed by atoms with Crippen molar-refractivity contribution in [2.24, 2.45) is 5.73 Å². The molecule has 0 spiro atoms. The summed E-state index contributed by atoms with van der Waals surface area (Å²) in [5.41, 5.74) is 6.67. The zero-order valence-electron chi connectivity index (χ0n) is 17.8. The van der Waals surface area contributed by atoms with Gasteiger partial charge in [0.05, 0.1) is 14.8 Å². The zero-order chi connectivity index (χ0) is 22.2. The fourth-order valence-electron chi connectivity index (χ4n) is 4.07. The first-order chi connectivity index (χ1) is 14.8. The first kappa shape index (κ1) is 22.0. The molecule has 2 aliphatic rings. The van der Waals surface area contributed by atoms with E-state index >= 15 is 0 Å². The minimum Gasteiger partial charge on any atom is -0.446 e. The van der Waals surface area contributed by atoms with Gasteiger partial charge in [0.1, 0.15) is 6.10 Å². The second-order valence-corrected chi connectivity index (χ2v) is 11.3. The van der Waals surface area contributed by atoms with Gasteiger partial charge in [0, 0.05) is 50.6 Å². The van der Waals surface area contributed by atoms with Gasteiger partial charge >= 0.3 is 6.09 Å². The van der Waals surface area contributed by atoms with E-state index in [0.29, 0.717) is 23.5 Å². The Labute approximate surface area is 187 Å². The first-order valence-corrected chi connectivity index (χ1v) is 12.7. The highest BCUT2D eigenvalue weighted by molar-refractivity contribution is 7.89. The SMILES string of the molecule is CN(C)c1ccc(-c2cnc(C3CCC(OC(N)=O)CC3)s2)c(S(=O)(=O)N2CCC2)c1. The lowest BCUT2D eigenvalue weighted by Gasteiger charge is -2.30. The fraction of sp³-hybridized carbons (Fsp3) is 0.524. The number of carbonyl (C=O) groups excluding carboxylic acids is 1. The van der Waals surface area contributed by atoms with E-state index in [0.717, 1.165) is 47.7 Å². The summed E-state index contributed by atoms with van der Waals surface area (Å²) >= 11 is 1.55. The average molecular weight is 465 g/mol. The van der Waals surface area contributed by atoms with Crippen molar-refractivity contribution in [3.8, 4) is 10.4 Å². The largest absolute Gasteiger partial charge is 0.446 e. The summed E-state index contributed by atoms with van der Waals surface area (Å²) in [6, 6.07) is 5.59. The molecular weight excluding hydrogens is 436 g/mol. The molecule has 2 N–H and O–H groups in total. The van der Waals surface area contributed by atoms with Gasteiger partial charge in [-0.15, -0.1) is 11.3 Å². The van der Waals surface area contributed by atoms with Crippen molar-refractivity contribution < 1.29 is 17.9 Å². The maximum absolute atomic E-state index is 13.3. The molecule has 168 valence electrons. The first-order valence-electron chi connectivity index (χ1n) is 10.5. The number of aromatic nitrogens is 1. The topological polar surface area (TPSA) is 106 Å². The highest BCUT2D eigenvalue weighted by atomic mass is 32.2. The lowest BCUT2D eigenvalue weighted by atomic mass is 9.88. The van der Waals surface area contributed by atoms with Crippen LogP contribution in [0.2, 0.25) is 0 Å². The van der Waals surface area contributed by atoms with Crippen molar-refractivity contribution >= 4 is 33.1 Å². The van der Waals surface area contributed by atoms with Crippen LogP contribution in [0.4, 0.5) is 10.5 Å². The summed E-state index contributed by atoms with van der Waals surface area (Å²) in [7, 11) is 0.256. The van der Waals surface area contributed by atoms with Gasteiger partial charge in [-0.1, -0.05) is 6.07 Å². The molecule has 2 aromatic rings. The summed E-state index contributed by atoms with van der Waals surface area (Å²) in [5.74, 6) is 0.281. The lowest BCUT2D eigenvalue weighted by Crippen LogP contribution is -2.42. The van der Waals surface area contributed by atoms with E-state index in [1.165, 1.54) is 4.31 Å². The molecule has 0 radical (unpaired) electrons. The molecule has 8 nitrogen and oxygen atoms in total. The number of carbonyl (C=O) groups is 1. The van der Waals surface area contributed by atoms with Crippen LogP contribution in [0.25, 0.3) is 10.4 Å². The number of rotatable bonds is 6. The standard InChI is InChI=1S/C21H28N4O4S2/c1-24(2)15-6-9-17(19(12-15)31(27,28)25-10-3-11-25)18-13-23-20(30-18)14-4-7-16(8-5-14)29-21(22)26/h6,9,12-14,16H,3-5,7-8,10-11H2,1-2H3,(H2,22,26). The number of primary amides is 1. The Morgan fingerprint density at radius 2 is 1.94 bits per heavy atom. The van der Waals surface area contributed by atoms with Gasteiger partial charge in [-0.3, -0.25) is 0 Å². The van der Waals surface area contributed by atoms with Crippen LogP contribution < -0.4 is 10.6 Å². The molecule has 2 heterocycles. The number of sulfonamides is 1. The molecule has 1 aliphatic carbocycles. The van der Waals surface area contributed by atoms with Crippen LogP contribution >= 0.6 is 11.3 Å². The molecule has 1 saturated carbocycles. The van der Waals surface area contributed by atoms with Gasteiger partial charge in [0.2, 0.25) is 10.0 Å². The number of nitrogens with zero attached hydrogens (tertiary/aromatic N) is 3. The molecule has 1 aromatic carbocycles. The van der Waals surface area contributed by atoms with Gasteiger partial charge in [0.25, 0.3) is 0 Å². The Bertz CT molecular complexity index is 1060. The number of hydrogen-bond acceptors (Lipinski definition) is 7. The molecule has 1 saturated heterocycles. The van der Waals surface area contributed by atoms with Gasteiger partial charge in [-0.25, -0.2) is 18.2 Å². The third-order valence-corrected chi connectivity index (χ3v) is 9.14. The Hall–Kier alpha value is -2.17. The van der Waals surface area contributed by atoms with Gasteiger partial charge in [-0.05, 0) is 44.2 Å². The second kappa shape index (κ2) is 8.76. The van der Waals surface area contributed by atoms with Crippen LogP contribution in [0.3, 0.4) is 0 Å². The molecule has 1 aromatic heterocycles. The summed E-state index contributed by atoms with van der Waals surface area (Å²) < 4.78 is 33.2. The van der Waals surface area contributed by atoms with Gasteiger partial charge < -0.3 is 15.4 Å². The average Bonchev–Trinajstić information content (AvgIpc) is 3.16. The predicted octanol–water partition coefficient (Wildman–Crippen LogP) is 3.39. The van der Waals surface area contributed by atoms with Crippen LogP contribution in [0, 0.1) is 0 Å². The molecule has 0 bridgehead atoms. The zero-order valence-corrected chi connectivity index (χ0v) is 19.4. The smallest absolute Gasteiger partial charge is 0.404 e. The van der Waals surface area contributed by atoms with Crippen LogP contribution in [-0.2, 0) is 14.8 Å². The van der Waals surface area contributed by atoms with Gasteiger partial charge in [-0.2, -0.15) is 4.31 Å². The van der Waals surface area contributed by atoms with Crippen molar-refractivity contribution in [2.75, 3.05) is 32.1 Å². The number of thiazole rings is 1. The number of ether oxygens (including phenoxy) is 1. The molecule has 31 heavy (non-hydrogen) atoms. The Morgan fingerprint density at radius 1 is 1.23 bits per heavy atom. The Morgan fingerprint density at radius 3 is 2.52 bits per heavy atom. The Kier molecular flexibility index (Phi) is 6.23. The molecule has 1 aliphatic heterocycles. The maximum atomic E-state index is 13.3. The van der Waals surface area contributed by atoms with E-state index in [2.05, 4.69) is 4.98 Å². The number of anilines is 1. The van der Waals surface area contributed by atoms with Crippen molar-refractivity contribution in [1.29, 1.82) is 0 Å². The van der Waals surface area contributed by atoms with Crippen molar-refractivity contribution in [3.05, 3.63) is 29.4 Å². The van der Waals surface area contributed by atoms with Crippen LogP contribution in [0.5, 0.6) is 0 Å². The second-order valence-electron chi connectivity index (χ2n) is 8.31. The lowest BCUT2D eigenvalue weighted by molar-refractivity contribution is 0.0787. The van der Waals surface area contributed by atoms with Crippen molar-refractivity contribution in [2.45, 2.75) is 49.0 Å². The molecule has 2 fully saturated rings. The predicted molar refractivity (Wildman–Crippen MR) is 121 cm³/mol. The fourth-order valence-corrected chi connectivity index (χ4v) is 7.00. The molecular formula is C21H28N4O4S2. The Balaban J connectivity index is 1.61. The van der Waals surface area contributed by atoms with Crippen LogP contribution in [-0.4, -0.2) is 57.1 Å². The normalized spacial score (nSPS) is 22.0. The van der Waals surface area contributed by atoms with Crippen molar-refractivity contribution in [3.63, 3.8) is 0 Å². The highest BCUT2D eigenvalue weighted by Gasteiger charge is 2.33. The van der Waals surface area contributed by atoms with Gasteiger partial charge in [0.15, 0.2) is 0 Å². The molecule has 0 unspecified atom stereocenters. The molecule has 10 heteroatoms. The number of nitrogens with two attached hydrogens (primary N) is 1. The quantitative estimate of drug-likeness (QED) is 0.702. The molecule has 1 amide bonds. The van der Waals surface area contributed by atoms with Crippen molar-refractivity contribution in [1.82, 2.24) is 9.29 Å². The monoisotopic (exact) mass is 464 g/mol. The summed E-state index contributed by atoms with van der Waals surface area (Å²) in [4.78, 5) is 18.7. The van der Waals surface area contributed by atoms with E-state index < -0.39 is 16.1 Å². The summed E-state index contributed by atoms with van der Waals surface area (Å²) in [6.07, 6.45) is 5.08. The highest BCUT2D eigenvalue weighted by Crippen LogP contribution is 2.41. The molecule has 4 rings (SSSR count). The van der Waals surface area contributed by atoms with Crippen LogP contribution in [0.1, 0.15) is 43.0 Å². The number of hydrogen-bond donors (Lipinski definition) is 1. The number of amides is 1. The van der Waals surface area contributed by atoms with Crippen LogP contribution in [0.15, 0.2) is 29.3 Å². The van der Waals surface area contributed by atoms with E-state index in [1.807, 2.05) is 31.1 Å². The minimum atomic E-state index is -3.55. The summed E-state index contributed by atoms with van der Waals surface area (Å²) in [5, 5.41) is 0.997. The van der Waals surface area contributed by atoms with E-state index in [9.17, 15) is 13.2 Å². The third kappa shape index (κ3) is 4.56. The van der Waals surface area contributed by atoms with E-state index in [4.69, 9.17) is 10.5 Å². The third-order valence-electron chi connectivity index (χ3n) is 6.01. The number of benzene rings is 1. The minimum absolute atomic E-state index is 0.125. The summed E-state index contributed by atoms with van der Waals surface area (Å²) in [6.45, 7) is 1.14. The van der Waals surface area contributed by atoms with E-state index in [-0.39, 0.29) is 12.0 Å².